The molecule has 0 unspecified atom stereocenters. The zero-order valence-electron chi connectivity index (χ0n) is 11.9. The number of carbonyl (C=O) groups is 2. The molecular weight excluding hydrogens is 312 g/mol. The third-order valence-corrected chi connectivity index (χ3v) is 4.57. The van der Waals surface area contributed by atoms with Crippen LogP contribution in [-0.2, 0) is 0 Å². The molecule has 0 aliphatic carbocycles. The van der Waals surface area contributed by atoms with Crippen LogP contribution in [0.1, 0.15) is 20.7 Å². The molecule has 0 fully saturated rings. The first kappa shape index (κ1) is 15.1. The van der Waals surface area contributed by atoms with Gasteiger partial charge in [0.15, 0.2) is 0 Å². The van der Waals surface area contributed by atoms with Gasteiger partial charge in [0.1, 0.15) is 0 Å². The van der Waals surface area contributed by atoms with E-state index < -0.39 is 11.9 Å². The molecule has 0 heterocycles. The topological polar surface area (TPSA) is 74.6 Å². The number of carboxylic acids is 2. The molecule has 114 valence electrons. The Bertz CT molecular complexity index is 913. The summed E-state index contributed by atoms with van der Waals surface area (Å²) in [5.74, 6) is -2.01. The Balaban J connectivity index is 2.18. The minimum Gasteiger partial charge on any atom is -0.478 e. The number of carboxylic acid groups (broad SMARTS) is 2. The number of fused-ring (bicyclic) bond motifs is 1. The third kappa shape index (κ3) is 2.91. The van der Waals surface area contributed by atoms with Gasteiger partial charge >= 0.3 is 11.9 Å². The maximum absolute atomic E-state index is 11.5. The van der Waals surface area contributed by atoms with E-state index in [0.717, 1.165) is 5.39 Å². The van der Waals surface area contributed by atoms with Gasteiger partial charge in [-0.3, -0.25) is 0 Å². The first-order valence-electron chi connectivity index (χ1n) is 6.83. The summed E-state index contributed by atoms with van der Waals surface area (Å²) >= 11 is 1.26. The number of hydrogen-bond acceptors (Lipinski definition) is 3. The van der Waals surface area contributed by atoms with E-state index in [2.05, 4.69) is 0 Å². The number of hydrogen-bond donors (Lipinski definition) is 2. The van der Waals surface area contributed by atoms with Crippen molar-refractivity contribution in [3.8, 4) is 0 Å². The molecule has 23 heavy (non-hydrogen) atoms. The van der Waals surface area contributed by atoms with Crippen molar-refractivity contribution in [2.24, 2.45) is 0 Å². The van der Waals surface area contributed by atoms with Crippen molar-refractivity contribution >= 4 is 34.5 Å². The van der Waals surface area contributed by atoms with Crippen molar-refractivity contribution in [2.75, 3.05) is 0 Å². The van der Waals surface area contributed by atoms with Gasteiger partial charge in [-0.2, -0.15) is 0 Å². The van der Waals surface area contributed by atoms with Crippen LogP contribution >= 0.6 is 11.8 Å². The Morgan fingerprint density at radius 3 is 1.96 bits per heavy atom. The van der Waals surface area contributed by atoms with Crippen LogP contribution in [0.25, 0.3) is 10.8 Å². The van der Waals surface area contributed by atoms with Gasteiger partial charge in [-0.05, 0) is 29.7 Å². The largest absolute Gasteiger partial charge is 0.478 e. The molecule has 3 aromatic carbocycles. The van der Waals surface area contributed by atoms with Crippen molar-refractivity contribution < 1.29 is 19.8 Å². The molecule has 0 bridgehead atoms. The fraction of sp³-hybridized carbons (Fsp3) is 0. The van der Waals surface area contributed by atoms with E-state index in [1.165, 1.54) is 17.8 Å². The summed E-state index contributed by atoms with van der Waals surface area (Å²) in [5, 5.41) is 20.1. The van der Waals surface area contributed by atoms with E-state index >= 15 is 0 Å². The lowest BCUT2D eigenvalue weighted by Gasteiger charge is -2.10. The highest BCUT2D eigenvalue weighted by Gasteiger charge is 2.15. The van der Waals surface area contributed by atoms with Crippen LogP contribution in [0.3, 0.4) is 0 Å². The van der Waals surface area contributed by atoms with Crippen molar-refractivity contribution in [3.63, 3.8) is 0 Å². The van der Waals surface area contributed by atoms with Gasteiger partial charge in [0.2, 0.25) is 0 Å². The van der Waals surface area contributed by atoms with E-state index in [-0.39, 0.29) is 11.1 Å². The van der Waals surface area contributed by atoms with Crippen LogP contribution in [0, 0.1) is 0 Å². The Morgan fingerprint density at radius 2 is 1.26 bits per heavy atom. The van der Waals surface area contributed by atoms with E-state index in [4.69, 9.17) is 0 Å². The van der Waals surface area contributed by atoms with Gasteiger partial charge < -0.3 is 10.2 Å². The molecule has 3 aromatic rings. The highest BCUT2D eigenvalue weighted by atomic mass is 32.2. The van der Waals surface area contributed by atoms with Gasteiger partial charge in [0, 0.05) is 15.2 Å². The smallest absolute Gasteiger partial charge is 0.336 e. The lowest BCUT2D eigenvalue weighted by molar-refractivity contribution is 0.0684. The van der Waals surface area contributed by atoms with Crippen LogP contribution in [0.15, 0.2) is 70.5 Å². The quantitative estimate of drug-likeness (QED) is 0.744. The Hall–Kier alpha value is -2.79. The molecule has 0 saturated heterocycles. The van der Waals surface area contributed by atoms with Crippen molar-refractivity contribution in [1.82, 2.24) is 0 Å². The van der Waals surface area contributed by atoms with Crippen LogP contribution in [-0.4, -0.2) is 22.2 Å². The summed E-state index contributed by atoms with van der Waals surface area (Å²) < 4.78 is 0. The van der Waals surface area contributed by atoms with Gasteiger partial charge in [-0.1, -0.05) is 48.2 Å². The average Bonchev–Trinajstić information content (AvgIpc) is 2.54. The SMILES string of the molecule is O=C(O)c1ccccc1Sc1cccc2cccc(C(=O)O)c12. The normalized spacial score (nSPS) is 10.6. The summed E-state index contributed by atoms with van der Waals surface area (Å²) in [6.45, 7) is 0. The first-order chi connectivity index (χ1) is 11.1. The fourth-order valence-electron chi connectivity index (χ4n) is 2.42. The number of aromatic carboxylic acids is 2. The predicted molar refractivity (Wildman–Crippen MR) is 88.4 cm³/mol. The summed E-state index contributed by atoms with van der Waals surface area (Å²) in [6.07, 6.45) is 0. The van der Waals surface area contributed by atoms with Crippen molar-refractivity contribution in [1.29, 1.82) is 0 Å². The first-order valence-corrected chi connectivity index (χ1v) is 7.65. The zero-order valence-corrected chi connectivity index (χ0v) is 12.7. The highest BCUT2D eigenvalue weighted by Crippen LogP contribution is 2.36. The number of benzene rings is 3. The molecule has 0 aliphatic heterocycles. The molecule has 0 saturated carbocycles. The lowest BCUT2D eigenvalue weighted by atomic mass is 10.0. The van der Waals surface area contributed by atoms with Gasteiger partial charge in [0.25, 0.3) is 0 Å². The third-order valence-electron chi connectivity index (χ3n) is 3.43. The molecule has 0 amide bonds. The Morgan fingerprint density at radius 1 is 0.696 bits per heavy atom. The molecule has 0 atom stereocenters. The van der Waals surface area contributed by atoms with Crippen LogP contribution < -0.4 is 0 Å². The Labute approximate surface area is 136 Å². The molecular formula is C18H12O4S. The summed E-state index contributed by atoms with van der Waals surface area (Å²) in [6, 6.07) is 17.3. The molecule has 3 rings (SSSR count). The monoisotopic (exact) mass is 324 g/mol. The van der Waals surface area contributed by atoms with E-state index in [1.54, 1.807) is 36.4 Å². The maximum atomic E-state index is 11.5. The van der Waals surface area contributed by atoms with E-state index in [1.807, 2.05) is 18.2 Å². The van der Waals surface area contributed by atoms with Crippen LogP contribution in [0.2, 0.25) is 0 Å². The second-order valence-electron chi connectivity index (χ2n) is 4.87. The second-order valence-corrected chi connectivity index (χ2v) is 5.95. The molecule has 5 heteroatoms. The average molecular weight is 324 g/mol. The standard InChI is InChI=1S/C18H12O4S/c19-17(20)12-7-1-2-9-14(12)23-15-10-4-6-11-5-3-8-13(16(11)15)18(21)22/h1-10H,(H,19,20)(H,21,22). The van der Waals surface area contributed by atoms with E-state index in [9.17, 15) is 19.8 Å². The second kappa shape index (κ2) is 6.14. The summed E-state index contributed by atoms with van der Waals surface area (Å²) in [7, 11) is 0. The minimum absolute atomic E-state index is 0.197. The molecule has 0 aliphatic rings. The molecule has 0 radical (unpaired) electrons. The summed E-state index contributed by atoms with van der Waals surface area (Å²) in [5.41, 5.74) is 0.403. The fourth-order valence-corrected chi connectivity index (χ4v) is 3.55. The van der Waals surface area contributed by atoms with Crippen molar-refractivity contribution in [3.05, 3.63) is 71.8 Å². The summed E-state index contributed by atoms with van der Waals surface area (Å²) in [4.78, 5) is 24.1. The molecule has 2 N–H and O–H groups in total. The lowest BCUT2D eigenvalue weighted by Crippen LogP contribution is -2.00. The van der Waals surface area contributed by atoms with Crippen LogP contribution in [0.4, 0.5) is 0 Å². The molecule has 0 spiro atoms. The molecule has 0 aromatic heterocycles. The van der Waals surface area contributed by atoms with E-state index in [0.29, 0.717) is 15.2 Å². The Kier molecular flexibility index (Phi) is 4.04. The highest BCUT2D eigenvalue weighted by molar-refractivity contribution is 7.99. The van der Waals surface area contributed by atoms with Gasteiger partial charge in [-0.25, -0.2) is 9.59 Å². The van der Waals surface area contributed by atoms with Crippen LogP contribution in [0.5, 0.6) is 0 Å². The predicted octanol–water partition coefficient (Wildman–Crippen LogP) is 4.39. The zero-order chi connectivity index (χ0) is 16.4. The maximum Gasteiger partial charge on any atom is 0.336 e. The van der Waals surface area contributed by atoms with Crippen molar-refractivity contribution in [2.45, 2.75) is 9.79 Å². The molecule has 4 nitrogen and oxygen atoms in total. The van der Waals surface area contributed by atoms with Gasteiger partial charge in [0.05, 0.1) is 11.1 Å². The number of rotatable bonds is 4. The van der Waals surface area contributed by atoms with Gasteiger partial charge in [-0.15, -0.1) is 0 Å². The minimum atomic E-state index is -1.01.